The van der Waals surface area contributed by atoms with Gasteiger partial charge in [0, 0.05) is 0 Å². The Hall–Kier alpha value is -0.260. The number of hydrogen-bond acceptors (Lipinski definition) is 0. The molecule has 0 aliphatic heterocycles. The van der Waals surface area contributed by atoms with Gasteiger partial charge >= 0.3 is 0 Å². The molecule has 0 aromatic rings. The Balaban J connectivity index is 3.70. The van der Waals surface area contributed by atoms with Crippen LogP contribution in [0.3, 0.4) is 0 Å². The third kappa shape index (κ3) is 18.2. The van der Waals surface area contributed by atoms with E-state index in [1.807, 2.05) is 0 Å². The Morgan fingerprint density at radius 1 is 0.414 bits per heavy atom. The molecule has 0 heterocycles. The van der Waals surface area contributed by atoms with Gasteiger partial charge in [0.25, 0.3) is 0 Å². The van der Waals surface area contributed by atoms with E-state index in [9.17, 15) is 0 Å². The normalized spacial score (nSPS) is 15.1. The van der Waals surface area contributed by atoms with Crippen molar-refractivity contribution in [3.63, 3.8) is 0 Å². The van der Waals surface area contributed by atoms with Gasteiger partial charge in [0.15, 0.2) is 0 Å². The molecule has 3 atom stereocenters. The minimum atomic E-state index is 0.957. The lowest BCUT2D eigenvalue weighted by molar-refractivity contribution is 0.375. The lowest BCUT2D eigenvalue weighted by Crippen LogP contribution is -2.01. The molecule has 0 spiro atoms. The van der Waals surface area contributed by atoms with Gasteiger partial charge in [-0.05, 0) is 43.4 Å². The molecular formula is C29H58. The van der Waals surface area contributed by atoms with E-state index in [2.05, 4.69) is 46.8 Å². The fourth-order valence-corrected chi connectivity index (χ4v) is 4.88. The summed E-state index contributed by atoms with van der Waals surface area (Å²) >= 11 is 0. The molecule has 0 rings (SSSR count). The molecule has 0 amide bonds. The summed E-state index contributed by atoms with van der Waals surface area (Å²) in [6.07, 6.45) is 31.8. The summed E-state index contributed by atoms with van der Waals surface area (Å²) in [6, 6.07) is 0. The zero-order valence-electron chi connectivity index (χ0n) is 21.3. The van der Waals surface area contributed by atoms with E-state index in [1.54, 1.807) is 0 Å². The van der Waals surface area contributed by atoms with Crippen LogP contribution in [0.15, 0.2) is 12.2 Å². The molecule has 0 saturated carbocycles. The van der Waals surface area contributed by atoms with Crippen molar-refractivity contribution in [1.29, 1.82) is 0 Å². The molecule has 0 N–H and O–H groups in total. The van der Waals surface area contributed by atoms with Crippen molar-refractivity contribution in [2.24, 2.45) is 17.8 Å². The highest BCUT2D eigenvalue weighted by molar-refractivity contribution is 4.82. The molecule has 0 aromatic carbocycles. The molecule has 0 radical (unpaired) electrons. The van der Waals surface area contributed by atoms with Gasteiger partial charge in [-0.25, -0.2) is 0 Å². The zero-order valence-corrected chi connectivity index (χ0v) is 21.3. The van der Waals surface area contributed by atoms with Gasteiger partial charge in [-0.2, -0.15) is 0 Å². The first-order valence-corrected chi connectivity index (χ1v) is 13.9. The summed E-state index contributed by atoms with van der Waals surface area (Å²) < 4.78 is 0. The topological polar surface area (TPSA) is 0 Å². The van der Waals surface area contributed by atoms with Crippen LogP contribution in [-0.2, 0) is 0 Å². The fourth-order valence-electron chi connectivity index (χ4n) is 4.88. The molecule has 0 saturated heterocycles. The van der Waals surface area contributed by atoms with Crippen molar-refractivity contribution in [2.45, 2.75) is 157 Å². The maximum Gasteiger partial charge on any atom is -0.0348 e. The molecule has 0 heteroatoms. The number of unbranched alkanes of at least 4 members (excludes halogenated alkanes) is 5. The van der Waals surface area contributed by atoms with E-state index in [0.717, 1.165) is 17.8 Å². The summed E-state index contributed by atoms with van der Waals surface area (Å²) in [4.78, 5) is 0. The van der Waals surface area contributed by atoms with Crippen LogP contribution in [0.4, 0.5) is 0 Å². The molecular weight excluding hydrogens is 348 g/mol. The molecule has 0 bridgehead atoms. The average molecular weight is 407 g/mol. The number of hydrogen-bond donors (Lipinski definition) is 0. The lowest BCUT2D eigenvalue weighted by Gasteiger charge is -2.16. The van der Waals surface area contributed by atoms with E-state index in [0.29, 0.717) is 0 Å². The second kappa shape index (κ2) is 22.4. The van der Waals surface area contributed by atoms with Gasteiger partial charge in [-0.15, -0.1) is 0 Å². The van der Waals surface area contributed by atoms with Gasteiger partial charge in [0.2, 0.25) is 0 Å². The quantitative estimate of drug-likeness (QED) is 0.124. The number of allylic oxidation sites excluding steroid dienone is 2. The fraction of sp³-hybridized carbons (Fsp3) is 0.931. The highest BCUT2D eigenvalue weighted by atomic mass is 14.1. The maximum absolute atomic E-state index is 2.47. The van der Waals surface area contributed by atoms with Gasteiger partial charge < -0.3 is 0 Å². The van der Waals surface area contributed by atoms with Crippen molar-refractivity contribution >= 4 is 0 Å². The van der Waals surface area contributed by atoms with E-state index >= 15 is 0 Å². The summed E-state index contributed by atoms with van der Waals surface area (Å²) in [7, 11) is 0. The highest BCUT2D eigenvalue weighted by Gasteiger charge is 2.08. The standard InChI is InChI=1S/C29H58/c1-6-11-16-22-28(9-4)25-19-15-20-26-29(10-5)24-18-14-12-13-17-23-27(8-3)21-7-2/h12-13,27-29H,6-11,14-26H2,1-5H3/b13-12+. The molecule has 3 unspecified atom stereocenters. The van der Waals surface area contributed by atoms with Crippen molar-refractivity contribution in [3.05, 3.63) is 12.2 Å². The predicted octanol–water partition coefficient (Wildman–Crippen LogP) is 10.9. The van der Waals surface area contributed by atoms with Crippen molar-refractivity contribution in [2.75, 3.05) is 0 Å². The largest absolute Gasteiger partial charge is 0.0885 e. The van der Waals surface area contributed by atoms with Gasteiger partial charge in [-0.3, -0.25) is 0 Å². The summed E-state index contributed by atoms with van der Waals surface area (Å²) in [5.74, 6) is 2.94. The van der Waals surface area contributed by atoms with Crippen LogP contribution >= 0.6 is 0 Å². The number of rotatable bonds is 22. The first-order chi connectivity index (χ1) is 14.2. The van der Waals surface area contributed by atoms with Crippen LogP contribution < -0.4 is 0 Å². The molecule has 0 aliphatic carbocycles. The van der Waals surface area contributed by atoms with Crippen molar-refractivity contribution in [1.82, 2.24) is 0 Å². The smallest absolute Gasteiger partial charge is 0.0348 e. The van der Waals surface area contributed by atoms with E-state index < -0.39 is 0 Å². The second-order valence-corrected chi connectivity index (χ2v) is 9.72. The van der Waals surface area contributed by atoms with Crippen LogP contribution in [0.1, 0.15) is 157 Å². The van der Waals surface area contributed by atoms with E-state index in [1.165, 1.54) is 122 Å². The van der Waals surface area contributed by atoms with Crippen LogP contribution in [0, 0.1) is 17.8 Å². The molecule has 29 heavy (non-hydrogen) atoms. The SMILES string of the molecule is CCCCCC(CC)CCCCCC(CC)CCC/C=C/CCC(CC)CCC. The Bertz CT molecular complexity index is 329. The van der Waals surface area contributed by atoms with E-state index in [-0.39, 0.29) is 0 Å². The zero-order chi connectivity index (χ0) is 21.6. The third-order valence-corrected chi connectivity index (χ3v) is 7.26. The highest BCUT2D eigenvalue weighted by Crippen LogP contribution is 2.24. The van der Waals surface area contributed by atoms with Crippen molar-refractivity contribution in [3.8, 4) is 0 Å². The van der Waals surface area contributed by atoms with Crippen LogP contribution in [0.5, 0.6) is 0 Å². The average Bonchev–Trinajstić information content (AvgIpc) is 2.74. The van der Waals surface area contributed by atoms with Crippen molar-refractivity contribution < 1.29 is 0 Å². The molecule has 0 aliphatic rings. The van der Waals surface area contributed by atoms with E-state index in [4.69, 9.17) is 0 Å². The summed E-state index contributed by atoms with van der Waals surface area (Å²) in [6.45, 7) is 11.8. The van der Waals surface area contributed by atoms with Gasteiger partial charge in [0.05, 0.1) is 0 Å². The Labute approximate surface area is 186 Å². The van der Waals surface area contributed by atoms with Crippen LogP contribution in [0.25, 0.3) is 0 Å². The van der Waals surface area contributed by atoms with Crippen LogP contribution in [-0.4, -0.2) is 0 Å². The predicted molar refractivity (Wildman–Crippen MR) is 136 cm³/mol. The monoisotopic (exact) mass is 406 g/mol. The Kier molecular flexibility index (Phi) is 22.2. The minimum Gasteiger partial charge on any atom is -0.0885 e. The molecule has 0 aromatic heterocycles. The molecule has 0 fully saturated rings. The Morgan fingerprint density at radius 2 is 0.897 bits per heavy atom. The first kappa shape index (κ1) is 28.7. The minimum absolute atomic E-state index is 0.957. The second-order valence-electron chi connectivity index (χ2n) is 9.72. The summed E-state index contributed by atoms with van der Waals surface area (Å²) in [5, 5.41) is 0. The third-order valence-electron chi connectivity index (χ3n) is 7.26. The summed E-state index contributed by atoms with van der Waals surface area (Å²) in [5.41, 5.74) is 0. The molecule has 174 valence electrons. The molecule has 0 nitrogen and oxygen atoms in total. The maximum atomic E-state index is 2.47. The van der Waals surface area contributed by atoms with Crippen LogP contribution in [0.2, 0.25) is 0 Å². The first-order valence-electron chi connectivity index (χ1n) is 13.9. The van der Waals surface area contributed by atoms with Gasteiger partial charge in [0.1, 0.15) is 0 Å². The Morgan fingerprint density at radius 3 is 1.41 bits per heavy atom. The van der Waals surface area contributed by atoms with Gasteiger partial charge in [-0.1, -0.05) is 143 Å². The lowest BCUT2D eigenvalue weighted by atomic mass is 9.90.